The molecule has 3 atom stereocenters. The van der Waals surface area contributed by atoms with Crippen LogP contribution in [-0.4, -0.2) is 26.2 Å². The Hall–Kier alpha value is -1.84. The molecule has 1 heterocycles. The summed E-state index contributed by atoms with van der Waals surface area (Å²) in [5.41, 5.74) is 6.21. The molecule has 1 N–H and O–H groups in total. The number of piperidine rings is 1. The lowest BCUT2D eigenvalue weighted by Gasteiger charge is -2.30. The van der Waals surface area contributed by atoms with Gasteiger partial charge in [-0.2, -0.15) is 0 Å². The minimum absolute atomic E-state index is 0. The van der Waals surface area contributed by atoms with Gasteiger partial charge >= 0.3 is 5.97 Å². The van der Waals surface area contributed by atoms with Crippen LogP contribution in [0.15, 0.2) is 42.5 Å². The highest BCUT2D eigenvalue weighted by Gasteiger charge is 2.42. The Morgan fingerprint density at radius 3 is 2.60 bits per heavy atom. The van der Waals surface area contributed by atoms with Crippen LogP contribution in [0.5, 0.6) is 0 Å². The number of benzene rings is 2. The Labute approximate surface area is 155 Å². The molecule has 4 heteroatoms. The van der Waals surface area contributed by atoms with Crippen molar-refractivity contribution in [1.82, 2.24) is 5.32 Å². The molecule has 0 aromatic heterocycles. The van der Waals surface area contributed by atoms with E-state index in [0.29, 0.717) is 23.3 Å². The highest BCUT2D eigenvalue weighted by atomic mass is 35.5. The maximum Gasteiger partial charge on any atom is 0.337 e. The molecule has 0 amide bonds. The van der Waals surface area contributed by atoms with Crippen molar-refractivity contribution in [2.75, 3.05) is 20.2 Å². The van der Waals surface area contributed by atoms with E-state index in [1.165, 1.54) is 35.8 Å². The highest BCUT2D eigenvalue weighted by Crippen LogP contribution is 2.52. The molecule has 0 spiro atoms. The van der Waals surface area contributed by atoms with Crippen molar-refractivity contribution in [3.05, 3.63) is 70.3 Å². The summed E-state index contributed by atoms with van der Waals surface area (Å²) >= 11 is 0. The van der Waals surface area contributed by atoms with E-state index in [1.54, 1.807) is 0 Å². The van der Waals surface area contributed by atoms with Crippen LogP contribution in [-0.2, 0) is 4.74 Å². The standard InChI is InChI=1S/C21H23NO2.ClH/c1-13-3-8-16-18(11-13)20(17-9-10-22-12-19(16)17)14-4-6-15(7-5-14)21(23)24-2;/h3-8,11,17,19-20,22H,9-10,12H2,1-2H3;1H. The van der Waals surface area contributed by atoms with E-state index in [0.717, 1.165) is 13.1 Å². The fraction of sp³-hybridized carbons (Fsp3) is 0.381. The van der Waals surface area contributed by atoms with Crippen LogP contribution in [0.4, 0.5) is 0 Å². The molecule has 3 nitrogen and oxygen atoms in total. The van der Waals surface area contributed by atoms with Crippen molar-refractivity contribution < 1.29 is 9.53 Å². The molecule has 2 aliphatic rings. The van der Waals surface area contributed by atoms with Gasteiger partial charge in [-0.15, -0.1) is 12.4 Å². The second kappa shape index (κ2) is 7.19. The second-order valence-electron chi connectivity index (χ2n) is 6.99. The zero-order valence-corrected chi connectivity index (χ0v) is 15.4. The average Bonchev–Trinajstić information content (AvgIpc) is 2.94. The third-order valence-corrected chi connectivity index (χ3v) is 5.63. The van der Waals surface area contributed by atoms with Gasteiger partial charge in [0, 0.05) is 18.4 Å². The number of fused-ring (bicyclic) bond motifs is 3. The Bertz CT molecular complexity index is 772. The SMILES string of the molecule is COC(=O)c1ccc(C2c3cc(C)ccc3C3CNCCC32)cc1.Cl. The van der Waals surface area contributed by atoms with E-state index in [-0.39, 0.29) is 18.4 Å². The number of aryl methyl sites for hydroxylation is 1. The largest absolute Gasteiger partial charge is 0.465 e. The molecule has 1 saturated heterocycles. The fourth-order valence-electron chi connectivity index (χ4n) is 4.52. The van der Waals surface area contributed by atoms with Gasteiger partial charge in [-0.05, 0) is 54.6 Å². The summed E-state index contributed by atoms with van der Waals surface area (Å²) in [4.78, 5) is 11.7. The lowest BCUT2D eigenvalue weighted by molar-refractivity contribution is 0.0600. The van der Waals surface area contributed by atoms with Crippen LogP contribution in [0.3, 0.4) is 0 Å². The number of hydrogen-bond acceptors (Lipinski definition) is 3. The Morgan fingerprint density at radius 2 is 1.88 bits per heavy atom. The first-order valence-electron chi connectivity index (χ1n) is 8.68. The topological polar surface area (TPSA) is 38.3 Å². The average molecular weight is 358 g/mol. The highest BCUT2D eigenvalue weighted by molar-refractivity contribution is 5.89. The molecule has 0 radical (unpaired) electrons. The molecular formula is C21H24ClNO2. The number of carbonyl (C=O) groups excluding carboxylic acids is 1. The first kappa shape index (κ1) is 18.0. The Balaban J connectivity index is 0.00000182. The van der Waals surface area contributed by atoms with Crippen LogP contribution in [0.25, 0.3) is 0 Å². The smallest absolute Gasteiger partial charge is 0.337 e. The van der Waals surface area contributed by atoms with Crippen LogP contribution < -0.4 is 5.32 Å². The van der Waals surface area contributed by atoms with Crippen LogP contribution in [0.2, 0.25) is 0 Å². The summed E-state index contributed by atoms with van der Waals surface area (Å²) in [6, 6.07) is 14.9. The molecule has 2 aromatic rings. The Morgan fingerprint density at radius 1 is 1.12 bits per heavy atom. The maximum atomic E-state index is 11.7. The summed E-state index contributed by atoms with van der Waals surface area (Å²) < 4.78 is 4.81. The predicted molar refractivity (Wildman–Crippen MR) is 102 cm³/mol. The van der Waals surface area contributed by atoms with Crippen molar-refractivity contribution in [3.8, 4) is 0 Å². The van der Waals surface area contributed by atoms with Crippen molar-refractivity contribution in [3.63, 3.8) is 0 Å². The number of methoxy groups -OCH3 is 1. The summed E-state index contributed by atoms with van der Waals surface area (Å²) in [5.74, 6) is 1.40. The quantitative estimate of drug-likeness (QED) is 0.824. The lowest BCUT2D eigenvalue weighted by atomic mass is 9.78. The van der Waals surface area contributed by atoms with E-state index in [1.807, 2.05) is 12.1 Å². The number of rotatable bonds is 2. The molecule has 1 aliphatic heterocycles. The van der Waals surface area contributed by atoms with E-state index in [4.69, 9.17) is 4.74 Å². The van der Waals surface area contributed by atoms with Gasteiger partial charge in [0.15, 0.2) is 0 Å². The number of halogens is 1. The van der Waals surface area contributed by atoms with Gasteiger partial charge in [0.05, 0.1) is 12.7 Å². The zero-order valence-electron chi connectivity index (χ0n) is 14.6. The lowest BCUT2D eigenvalue weighted by Crippen LogP contribution is -2.34. The third kappa shape index (κ3) is 3.07. The normalized spacial score (nSPS) is 24.0. The van der Waals surface area contributed by atoms with Gasteiger partial charge in [-0.25, -0.2) is 4.79 Å². The van der Waals surface area contributed by atoms with Crippen LogP contribution in [0.1, 0.15) is 50.9 Å². The minimum Gasteiger partial charge on any atom is -0.465 e. The molecule has 1 fully saturated rings. The predicted octanol–water partition coefficient (Wildman–Crippen LogP) is 4.04. The van der Waals surface area contributed by atoms with Crippen molar-refractivity contribution >= 4 is 18.4 Å². The van der Waals surface area contributed by atoms with E-state index in [9.17, 15) is 4.79 Å². The molecule has 132 valence electrons. The number of carbonyl (C=O) groups is 1. The van der Waals surface area contributed by atoms with Gasteiger partial charge < -0.3 is 10.1 Å². The summed E-state index contributed by atoms with van der Waals surface area (Å²) in [5, 5.41) is 3.55. The van der Waals surface area contributed by atoms with Gasteiger partial charge in [0.2, 0.25) is 0 Å². The van der Waals surface area contributed by atoms with Crippen molar-refractivity contribution in [2.24, 2.45) is 5.92 Å². The fourth-order valence-corrected chi connectivity index (χ4v) is 4.52. The van der Waals surface area contributed by atoms with E-state index < -0.39 is 0 Å². The van der Waals surface area contributed by atoms with Gasteiger partial charge in [0.1, 0.15) is 0 Å². The molecule has 3 unspecified atom stereocenters. The first-order chi connectivity index (χ1) is 11.7. The summed E-state index contributed by atoms with van der Waals surface area (Å²) in [7, 11) is 1.42. The van der Waals surface area contributed by atoms with Crippen molar-refractivity contribution in [2.45, 2.75) is 25.2 Å². The van der Waals surface area contributed by atoms with Gasteiger partial charge in [-0.1, -0.05) is 35.9 Å². The number of ether oxygens (including phenoxy) is 1. The van der Waals surface area contributed by atoms with E-state index >= 15 is 0 Å². The van der Waals surface area contributed by atoms with Gasteiger partial charge in [-0.3, -0.25) is 0 Å². The van der Waals surface area contributed by atoms with Crippen LogP contribution in [0, 0.1) is 12.8 Å². The number of hydrogen-bond donors (Lipinski definition) is 1. The molecule has 4 rings (SSSR count). The minimum atomic E-state index is -0.274. The summed E-state index contributed by atoms with van der Waals surface area (Å²) in [6.07, 6.45) is 1.20. The van der Waals surface area contributed by atoms with E-state index in [2.05, 4.69) is 42.6 Å². The maximum absolute atomic E-state index is 11.7. The first-order valence-corrected chi connectivity index (χ1v) is 8.68. The molecular weight excluding hydrogens is 334 g/mol. The monoisotopic (exact) mass is 357 g/mol. The third-order valence-electron chi connectivity index (χ3n) is 5.63. The number of nitrogens with one attached hydrogen (secondary N) is 1. The molecule has 2 aromatic carbocycles. The molecule has 25 heavy (non-hydrogen) atoms. The van der Waals surface area contributed by atoms with Gasteiger partial charge in [0.25, 0.3) is 0 Å². The molecule has 0 saturated carbocycles. The second-order valence-corrected chi connectivity index (χ2v) is 6.99. The zero-order chi connectivity index (χ0) is 16.7. The molecule has 1 aliphatic carbocycles. The summed E-state index contributed by atoms with van der Waals surface area (Å²) in [6.45, 7) is 4.32. The molecule has 0 bridgehead atoms. The van der Waals surface area contributed by atoms with Crippen molar-refractivity contribution in [1.29, 1.82) is 0 Å². The Kier molecular flexibility index (Phi) is 5.16. The number of esters is 1. The van der Waals surface area contributed by atoms with Crippen LogP contribution >= 0.6 is 12.4 Å².